The van der Waals surface area contributed by atoms with E-state index in [2.05, 4.69) is 15.6 Å². The summed E-state index contributed by atoms with van der Waals surface area (Å²) in [5.41, 5.74) is 0.991. The zero-order valence-corrected chi connectivity index (χ0v) is 14.5. The number of urea groups is 1. The minimum Gasteiger partial charge on any atom is -0.333 e. The molecule has 2 aromatic heterocycles. The molecule has 0 aliphatic rings. The van der Waals surface area contributed by atoms with E-state index >= 15 is 0 Å². The Morgan fingerprint density at radius 1 is 1.25 bits per heavy atom. The molecule has 24 heavy (non-hydrogen) atoms. The predicted octanol–water partition coefficient (Wildman–Crippen LogP) is 2.03. The maximum absolute atomic E-state index is 12.0. The highest BCUT2D eigenvalue weighted by atomic mass is 32.1. The van der Waals surface area contributed by atoms with Gasteiger partial charge in [0.1, 0.15) is 0 Å². The first-order valence-corrected chi connectivity index (χ1v) is 8.77. The van der Waals surface area contributed by atoms with E-state index in [-0.39, 0.29) is 12.5 Å². The molecule has 0 aliphatic heterocycles. The van der Waals surface area contributed by atoms with Crippen LogP contribution in [0.5, 0.6) is 0 Å². The molecule has 0 aliphatic carbocycles. The van der Waals surface area contributed by atoms with Crippen molar-refractivity contribution in [2.45, 2.75) is 19.9 Å². The van der Waals surface area contributed by atoms with Crippen LogP contribution in [0.15, 0.2) is 41.9 Å². The lowest BCUT2D eigenvalue weighted by molar-refractivity contribution is -0.121. The van der Waals surface area contributed by atoms with Crippen LogP contribution >= 0.6 is 11.3 Å². The van der Waals surface area contributed by atoms with Gasteiger partial charge in [-0.3, -0.25) is 20.0 Å². The van der Waals surface area contributed by atoms with Gasteiger partial charge in [0.15, 0.2) is 0 Å². The number of carbonyl (C=O) groups excluding carboxylic acids is 2. The summed E-state index contributed by atoms with van der Waals surface area (Å²) in [6, 6.07) is 9.18. The number of hydrogen-bond acceptors (Lipinski definition) is 5. The fourth-order valence-corrected chi connectivity index (χ4v) is 2.81. The lowest BCUT2D eigenvalue weighted by atomic mass is 10.2. The van der Waals surface area contributed by atoms with Gasteiger partial charge in [0.2, 0.25) is 5.91 Å². The third-order valence-corrected chi connectivity index (χ3v) is 4.36. The number of nitrogens with zero attached hydrogens (tertiary/aromatic N) is 2. The summed E-state index contributed by atoms with van der Waals surface area (Å²) in [6.45, 7) is 4.06. The predicted molar refractivity (Wildman–Crippen MR) is 94.8 cm³/mol. The van der Waals surface area contributed by atoms with Gasteiger partial charge < -0.3 is 5.32 Å². The first-order valence-electron chi connectivity index (χ1n) is 7.89. The molecule has 0 spiro atoms. The van der Waals surface area contributed by atoms with E-state index < -0.39 is 6.03 Å². The Morgan fingerprint density at radius 2 is 2.12 bits per heavy atom. The molecule has 0 bridgehead atoms. The Morgan fingerprint density at radius 3 is 2.79 bits per heavy atom. The zero-order valence-electron chi connectivity index (χ0n) is 13.7. The van der Waals surface area contributed by atoms with Gasteiger partial charge in [-0.1, -0.05) is 19.1 Å². The average Bonchev–Trinajstić information content (AvgIpc) is 3.11. The quantitative estimate of drug-likeness (QED) is 0.767. The van der Waals surface area contributed by atoms with E-state index in [1.54, 1.807) is 17.5 Å². The van der Waals surface area contributed by atoms with Gasteiger partial charge in [-0.05, 0) is 30.1 Å². The molecule has 2 rings (SSSR count). The Hall–Kier alpha value is -2.25. The summed E-state index contributed by atoms with van der Waals surface area (Å²) in [5.74, 6) is -0.304. The Labute approximate surface area is 145 Å². The maximum Gasteiger partial charge on any atom is 0.321 e. The van der Waals surface area contributed by atoms with Gasteiger partial charge in [-0.15, -0.1) is 11.3 Å². The summed E-state index contributed by atoms with van der Waals surface area (Å²) < 4.78 is 0. The van der Waals surface area contributed by atoms with Gasteiger partial charge >= 0.3 is 6.03 Å². The van der Waals surface area contributed by atoms with Crippen molar-refractivity contribution in [2.75, 3.05) is 19.6 Å². The highest BCUT2D eigenvalue weighted by molar-refractivity contribution is 7.09. The molecule has 0 fully saturated rings. The zero-order chi connectivity index (χ0) is 17.2. The van der Waals surface area contributed by atoms with Crippen molar-refractivity contribution >= 4 is 23.3 Å². The summed E-state index contributed by atoms with van der Waals surface area (Å²) >= 11 is 1.56. The second-order valence-corrected chi connectivity index (χ2v) is 6.28. The topological polar surface area (TPSA) is 74.3 Å². The lowest BCUT2D eigenvalue weighted by Crippen LogP contribution is -2.44. The minimum absolute atomic E-state index is 0.190. The van der Waals surface area contributed by atoms with Crippen molar-refractivity contribution < 1.29 is 9.59 Å². The summed E-state index contributed by atoms with van der Waals surface area (Å²) in [4.78, 5) is 31.0. The van der Waals surface area contributed by atoms with Gasteiger partial charge in [0, 0.05) is 29.7 Å². The van der Waals surface area contributed by atoms with Crippen LogP contribution in [-0.2, 0) is 17.8 Å². The van der Waals surface area contributed by atoms with Crippen LogP contribution in [-0.4, -0.2) is 41.5 Å². The fourth-order valence-electron chi connectivity index (χ4n) is 2.16. The molecule has 6 nitrogen and oxygen atoms in total. The number of carbonyl (C=O) groups is 2. The van der Waals surface area contributed by atoms with Crippen LogP contribution in [0.3, 0.4) is 0 Å². The molecular weight excluding hydrogens is 324 g/mol. The van der Waals surface area contributed by atoms with Crippen molar-refractivity contribution in [1.29, 1.82) is 0 Å². The van der Waals surface area contributed by atoms with Crippen LogP contribution < -0.4 is 10.6 Å². The SMILES string of the molecule is CCN(CCc1ccccn1)CC(=O)NC(=O)NCc1cccs1. The molecular formula is C17H22N4O2S. The van der Waals surface area contributed by atoms with Crippen molar-refractivity contribution in [3.8, 4) is 0 Å². The first kappa shape index (κ1) is 18.1. The summed E-state index contributed by atoms with van der Waals surface area (Å²) in [5, 5.41) is 6.99. The van der Waals surface area contributed by atoms with E-state index in [1.165, 1.54) is 0 Å². The molecule has 0 aromatic carbocycles. The van der Waals surface area contributed by atoms with E-state index in [1.807, 2.05) is 47.5 Å². The molecule has 128 valence electrons. The number of aromatic nitrogens is 1. The van der Waals surface area contributed by atoms with Crippen LogP contribution in [0.4, 0.5) is 4.79 Å². The molecule has 0 saturated heterocycles. The number of nitrogens with one attached hydrogen (secondary N) is 2. The van der Waals surface area contributed by atoms with Gasteiger partial charge in [0.25, 0.3) is 0 Å². The lowest BCUT2D eigenvalue weighted by Gasteiger charge is -2.19. The molecule has 2 aromatic rings. The Kier molecular flexibility index (Phi) is 7.38. The van der Waals surface area contributed by atoms with Crippen molar-refractivity contribution in [3.05, 3.63) is 52.5 Å². The third-order valence-electron chi connectivity index (χ3n) is 3.48. The Balaban J connectivity index is 1.69. The van der Waals surface area contributed by atoms with Gasteiger partial charge in [-0.25, -0.2) is 4.79 Å². The number of rotatable bonds is 8. The van der Waals surface area contributed by atoms with Crippen LogP contribution in [0, 0.1) is 0 Å². The highest BCUT2D eigenvalue weighted by Crippen LogP contribution is 2.07. The molecule has 0 saturated carbocycles. The fraction of sp³-hybridized carbons (Fsp3) is 0.353. The number of thiophene rings is 1. The molecule has 2 N–H and O–H groups in total. The number of pyridine rings is 1. The van der Waals surface area contributed by atoms with E-state index in [9.17, 15) is 9.59 Å². The highest BCUT2D eigenvalue weighted by Gasteiger charge is 2.12. The van der Waals surface area contributed by atoms with Crippen LogP contribution in [0.25, 0.3) is 0 Å². The van der Waals surface area contributed by atoms with E-state index in [0.29, 0.717) is 6.54 Å². The molecule has 0 unspecified atom stereocenters. The molecule has 2 heterocycles. The number of hydrogen-bond donors (Lipinski definition) is 2. The smallest absolute Gasteiger partial charge is 0.321 e. The van der Waals surface area contributed by atoms with Gasteiger partial charge in [0.05, 0.1) is 13.1 Å². The van der Waals surface area contributed by atoms with Crippen LogP contribution in [0.2, 0.25) is 0 Å². The largest absolute Gasteiger partial charge is 0.333 e. The third kappa shape index (κ3) is 6.47. The normalized spacial score (nSPS) is 10.6. The van der Waals surface area contributed by atoms with Crippen LogP contribution in [0.1, 0.15) is 17.5 Å². The molecule has 0 atom stereocenters. The Bertz CT molecular complexity index is 631. The molecule has 7 heteroatoms. The maximum atomic E-state index is 12.0. The van der Waals surface area contributed by atoms with Crippen molar-refractivity contribution in [1.82, 2.24) is 20.5 Å². The number of amides is 3. The molecule has 0 radical (unpaired) electrons. The number of likely N-dealkylation sites (N-methyl/N-ethyl adjacent to an activating group) is 1. The minimum atomic E-state index is -0.464. The summed E-state index contributed by atoms with van der Waals surface area (Å²) in [7, 11) is 0. The number of imide groups is 1. The second-order valence-electron chi connectivity index (χ2n) is 5.25. The first-order chi connectivity index (χ1) is 11.7. The summed E-state index contributed by atoms with van der Waals surface area (Å²) in [6.07, 6.45) is 2.53. The average molecular weight is 346 g/mol. The van der Waals surface area contributed by atoms with Crippen molar-refractivity contribution in [3.63, 3.8) is 0 Å². The van der Waals surface area contributed by atoms with Gasteiger partial charge in [-0.2, -0.15) is 0 Å². The van der Waals surface area contributed by atoms with Crippen molar-refractivity contribution in [2.24, 2.45) is 0 Å². The molecule has 3 amide bonds. The van der Waals surface area contributed by atoms with E-state index in [4.69, 9.17) is 0 Å². The standard InChI is InChI=1S/C17H22N4O2S/c1-2-21(10-8-14-6-3-4-9-18-14)13-16(22)20-17(23)19-12-15-7-5-11-24-15/h3-7,9,11H,2,8,10,12-13H2,1H3,(H2,19,20,22,23). The monoisotopic (exact) mass is 346 g/mol. The van der Waals surface area contributed by atoms with E-state index in [0.717, 1.165) is 30.1 Å². The second kappa shape index (κ2) is 9.79.